The van der Waals surface area contributed by atoms with Crippen LogP contribution in [0.1, 0.15) is 26.2 Å². The number of likely N-dealkylation sites (N-methyl/N-ethyl adjacent to an activating group) is 1. The first-order chi connectivity index (χ1) is 13.1. The van der Waals surface area contributed by atoms with Crippen molar-refractivity contribution < 1.29 is 9.53 Å². The van der Waals surface area contributed by atoms with Gasteiger partial charge < -0.3 is 25.2 Å². The number of carbonyl (C=O) groups is 1. The lowest BCUT2D eigenvalue weighted by atomic mass is 9.96. The lowest BCUT2D eigenvalue weighted by Crippen LogP contribution is -2.46. The first-order valence-electron chi connectivity index (χ1n) is 10.0. The second-order valence-electron chi connectivity index (χ2n) is 7.91. The first kappa shape index (κ1) is 18.8. The normalized spacial score (nSPS) is 24.7. The predicted octanol–water partition coefficient (Wildman–Crippen LogP) is 3.17. The zero-order valence-electron chi connectivity index (χ0n) is 16.0. The van der Waals surface area contributed by atoms with E-state index < -0.39 is 0 Å². The van der Waals surface area contributed by atoms with E-state index in [1.54, 1.807) is 0 Å². The van der Waals surface area contributed by atoms with Crippen LogP contribution in [0.4, 0.5) is 16.2 Å². The number of hydrogen-bond donors (Lipinski definition) is 2. The van der Waals surface area contributed by atoms with E-state index >= 15 is 0 Å². The molecule has 148 valence electrons. The fraction of sp³-hybridized carbons (Fsp3) is 0.650. The van der Waals surface area contributed by atoms with Crippen LogP contribution in [-0.2, 0) is 4.74 Å². The zero-order chi connectivity index (χ0) is 18.9. The molecular weight excluding hydrogens is 364 g/mol. The predicted molar refractivity (Wildman–Crippen MR) is 109 cm³/mol. The number of anilines is 2. The number of nitrogens with one attached hydrogen (secondary N) is 2. The van der Waals surface area contributed by atoms with Crippen molar-refractivity contribution in [3.63, 3.8) is 0 Å². The Morgan fingerprint density at radius 2 is 2.00 bits per heavy atom. The van der Waals surface area contributed by atoms with Crippen molar-refractivity contribution in [2.24, 2.45) is 5.41 Å². The van der Waals surface area contributed by atoms with E-state index in [2.05, 4.69) is 27.4 Å². The van der Waals surface area contributed by atoms with Crippen LogP contribution in [0.15, 0.2) is 18.2 Å². The van der Waals surface area contributed by atoms with Crippen molar-refractivity contribution in [1.29, 1.82) is 0 Å². The zero-order valence-corrected chi connectivity index (χ0v) is 16.7. The molecule has 3 fully saturated rings. The maximum atomic E-state index is 12.6. The van der Waals surface area contributed by atoms with Gasteiger partial charge in [-0.1, -0.05) is 18.5 Å². The minimum absolute atomic E-state index is 0.140. The molecule has 1 saturated carbocycles. The van der Waals surface area contributed by atoms with Crippen LogP contribution >= 0.6 is 11.6 Å². The van der Waals surface area contributed by atoms with E-state index in [-0.39, 0.29) is 17.5 Å². The molecule has 3 aliphatic rings. The van der Waals surface area contributed by atoms with Crippen molar-refractivity contribution in [1.82, 2.24) is 10.2 Å². The molecule has 0 aromatic heterocycles. The van der Waals surface area contributed by atoms with Crippen LogP contribution in [0, 0.1) is 5.41 Å². The number of nitrogens with zero attached hydrogens (tertiary/aromatic N) is 2. The molecule has 2 saturated heterocycles. The smallest absolute Gasteiger partial charge is 0.319 e. The van der Waals surface area contributed by atoms with Gasteiger partial charge in [-0.05, 0) is 49.4 Å². The fourth-order valence-corrected chi connectivity index (χ4v) is 4.56. The Morgan fingerprint density at radius 1 is 1.26 bits per heavy atom. The molecular formula is C20H29ClN4O2. The monoisotopic (exact) mass is 392 g/mol. The summed E-state index contributed by atoms with van der Waals surface area (Å²) in [5.74, 6) is 0. The molecule has 2 N–H and O–H groups in total. The summed E-state index contributed by atoms with van der Waals surface area (Å²) in [7, 11) is 0. The molecule has 0 radical (unpaired) electrons. The largest absolute Gasteiger partial charge is 0.381 e. The number of halogens is 1. The van der Waals surface area contributed by atoms with Crippen molar-refractivity contribution in [3.8, 4) is 0 Å². The van der Waals surface area contributed by atoms with Gasteiger partial charge in [-0.2, -0.15) is 0 Å². The van der Waals surface area contributed by atoms with Gasteiger partial charge in [-0.3, -0.25) is 0 Å². The molecule has 1 atom stereocenters. The molecule has 2 heterocycles. The van der Waals surface area contributed by atoms with Crippen molar-refractivity contribution >= 4 is 29.0 Å². The topological polar surface area (TPSA) is 56.8 Å². The second kappa shape index (κ2) is 7.86. The van der Waals surface area contributed by atoms with Crippen LogP contribution in [-0.4, -0.2) is 62.9 Å². The number of ether oxygens (including phenoxy) is 1. The molecule has 1 aromatic carbocycles. The summed E-state index contributed by atoms with van der Waals surface area (Å²) < 4.78 is 5.45. The number of carbonyl (C=O) groups excluding carboxylic acids is 1. The van der Waals surface area contributed by atoms with E-state index in [1.807, 2.05) is 18.2 Å². The highest BCUT2D eigenvalue weighted by molar-refractivity contribution is 6.31. The number of urea groups is 1. The number of amides is 2. The van der Waals surface area contributed by atoms with Gasteiger partial charge in [0, 0.05) is 50.5 Å². The molecule has 1 aliphatic carbocycles. The third-order valence-corrected chi connectivity index (χ3v) is 6.59. The van der Waals surface area contributed by atoms with Crippen molar-refractivity contribution in [2.75, 3.05) is 56.2 Å². The Labute approximate surface area is 166 Å². The molecule has 7 heteroatoms. The quantitative estimate of drug-likeness (QED) is 0.826. The molecule has 1 unspecified atom stereocenters. The molecule has 27 heavy (non-hydrogen) atoms. The van der Waals surface area contributed by atoms with E-state index in [1.165, 1.54) is 0 Å². The Balaban J connectivity index is 1.39. The lowest BCUT2D eigenvalue weighted by molar-refractivity contribution is 0.0548. The molecule has 0 bridgehead atoms. The van der Waals surface area contributed by atoms with Gasteiger partial charge in [-0.25, -0.2) is 4.79 Å². The van der Waals surface area contributed by atoms with Gasteiger partial charge >= 0.3 is 6.03 Å². The third-order valence-electron chi connectivity index (χ3n) is 6.35. The highest BCUT2D eigenvalue weighted by atomic mass is 35.5. The number of piperazine rings is 1. The van der Waals surface area contributed by atoms with Crippen LogP contribution in [0.25, 0.3) is 0 Å². The lowest BCUT2D eigenvalue weighted by Gasteiger charge is -2.36. The van der Waals surface area contributed by atoms with E-state index in [0.29, 0.717) is 5.02 Å². The standard InChI is InChI=1S/C20H29ClN4O2/c1-2-24-7-9-25(10-8-24)17-4-3-15(21)13-16(17)22-19(26)23-18-14-20(18)5-11-27-12-6-20/h3-4,13,18H,2,5-12,14H2,1H3,(H2,22,23,26). The molecule has 6 nitrogen and oxygen atoms in total. The van der Waals surface area contributed by atoms with Gasteiger partial charge in [0.25, 0.3) is 0 Å². The van der Waals surface area contributed by atoms with Gasteiger partial charge in [0.2, 0.25) is 0 Å². The molecule has 4 rings (SSSR count). The Bertz CT molecular complexity index is 685. The van der Waals surface area contributed by atoms with Crippen LogP contribution in [0.5, 0.6) is 0 Å². The highest BCUT2D eigenvalue weighted by Crippen LogP contribution is 2.53. The Hall–Kier alpha value is -1.50. The Morgan fingerprint density at radius 3 is 2.70 bits per heavy atom. The van der Waals surface area contributed by atoms with Crippen LogP contribution in [0.3, 0.4) is 0 Å². The van der Waals surface area contributed by atoms with Crippen LogP contribution < -0.4 is 15.5 Å². The van der Waals surface area contributed by atoms with Gasteiger partial charge in [0.15, 0.2) is 0 Å². The number of hydrogen-bond acceptors (Lipinski definition) is 4. The molecule has 2 aliphatic heterocycles. The number of rotatable bonds is 4. The molecule has 1 aromatic rings. The number of benzene rings is 1. The van der Waals surface area contributed by atoms with Gasteiger partial charge in [-0.15, -0.1) is 0 Å². The maximum absolute atomic E-state index is 12.6. The summed E-state index contributed by atoms with van der Waals surface area (Å²) >= 11 is 6.21. The minimum Gasteiger partial charge on any atom is -0.381 e. The summed E-state index contributed by atoms with van der Waals surface area (Å²) in [6, 6.07) is 5.87. The molecule has 2 amide bonds. The Kier molecular flexibility index (Phi) is 5.48. The fourth-order valence-electron chi connectivity index (χ4n) is 4.39. The average Bonchev–Trinajstić information content (AvgIpc) is 3.32. The van der Waals surface area contributed by atoms with E-state index in [9.17, 15) is 4.79 Å². The average molecular weight is 393 g/mol. The summed E-state index contributed by atoms with van der Waals surface area (Å²) in [5.41, 5.74) is 2.09. The maximum Gasteiger partial charge on any atom is 0.319 e. The van der Waals surface area contributed by atoms with Crippen LogP contribution in [0.2, 0.25) is 5.02 Å². The SMILES string of the molecule is CCN1CCN(c2ccc(Cl)cc2NC(=O)NC2CC23CCOCC3)CC1. The summed E-state index contributed by atoms with van der Waals surface area (Å²) in [6.45, 7) is 8.88. The van der Waals surface area contributed by atoms with Gasteiger partial charge in [0.05, 0.1) is 11.4 Å². The minimum atomic E-state index is -0.140. The summed E-state index contributed by atoms with van der Waals surface area (Å²) in [4.78, 5) is 17.4. The van der Waals surface area contributed by atoms with E-state index in [4.69, 9.17) is 16.3 Å². The van der Waals surface area contributed by atoms with Crippen molar-refractivity contribution in [2.45, 2.75) is 32.2 Å². The summed E-state index contributed by atoms with van der Waals surface area (Å²) in [6.07, 6.45) is 3.15. The van der Waals surface area contributed by atoms with Gasteiger partial charge in [0.1, 0.15) is 0 Å². The van der Waals surface area contributed by atoms with Crippen molar-refractivity contribution in [3.05, 3.63) is 23.2 Å². The third kappa shape index (κ3) is 4.18. The second-order valence-corrected chi connectivity index (χ2v) is 8.35. The highest BCUT2D eigenvalue weighted by Gasteiger charge is 2.55. The first-order valence-corrected chi connectivity index (χ1v) is 10.4. The molecule has 1 spiro atoms. The summed E-state index contributed by atoms with van der Waals surface area (Å²) in [5, 5.41) is 6.83. The van der Waals surface area contributed by atoms with E-state index in [0.717, 1.165) is 76.6 Å².